The van der Waals surface area contributed by atoms with Crippen LogP contribution in [0.4, 0.5) is 21.5 Å². The van der Waals surface area contributed by atoms with Crippen LogP contribution in [-0.4, -0.2) is 37.0 Å². The van der Waals surface area contributed by atoms with Gasteiger partial charge >= 0.3 is 5.97 Å². The largest absolute Gasteiger partial charge is 0.449 e. The SMILES string of the molecule is C[C@@H](OC(=O)c1cc([N+](=O)[O-])ccc1N(C)C)C(=O)Nc1cccc(F)c1. The Morgan fingerprint density at radius 1 is 1.22 bits per heavy atom. The smallest absolute Gasteiger partial charge is 0.341 e. The van der Waals surface area contributed by atoms with Crippen molar-refractivity contribution >= 4 is 28.9 Å². The van der Waals surface area contributed by atoms with Gasteiger partial charge in [0.15, 0.2) is 6.10 Å². The molecule has 1 amide bonds. The van der Waals surface area contributed by atoms with E-state index in [-0.39, 0.29) is 16.9 Å². The van der Waals surface area contributed by atoms with Crippen LogP contribution in [0.2, 0.25) is 0 Å². The van der Waals surface area contributed by atoms with Crippen LogP contribution in [0.25, 0.3) is 0 Å². The summed E-state index contributed by atoms with van der Waals surface area (Å²) < 4.78 is 18.3. The minimum absolute atomic E-state index is 0.0420. The maximum atomic E-state index is 13.2. The third-order valence-corrected chi connectivity index (χ3v) is 3.64. The van der Waals surface area contributed by atoms with Crippen molar-refractivity contribution in [3.05, 3.63) is 64.0 Å². The standard InChI is InChI=1S/C18H18FN3O5/c1-11(17(23)20-13-6-4-5-12(19)9-13)27-18(24)15-10-14(22(25)26)7-8-16(15)21(2)3/h4-11H,1-3H3,(H,20,23)/t11-/m1/s1. The second kappa shape index (κ2) is 8.26. The van der Waals surface area contributed by atoms with Gasteiger partial charge in [-0.15, -0.1) is 0 Å². The van der Waals surface area contributed by atoms with E-state index < -0.39 is 28.7 Å². The van der Waals surface area contributed by atoms with Crippen LogP contribution in [0.5, 0.6) is 0 Å². The minimum atomic E-state index is -1.20. The summed E-state index contributed by atoms with van der Waals surface area (Å²) in [5.41, 5.74) is 0.305. The lowest BCUT2D eigenvalue weighted by molar-refractivity contribution is -0.384. The lowest BCUT2D eigenvalue weighted by Gasteiger charge is -2.18. The van der Waals surface area contributed by atoms with Gasteiger partial charge in [0.2, 0.25) is 0 Å². The first-order chi connectivity index (χ1) is 12.7. The third-order valence-electron chi connectivity index (χ3n) is 3.64. The molecule has 0 saturated carbocycles. The number of nitro groups is 1. The molecule has 0 heterocycles. The zero-order valence-corrected chi connectivity index (χ0v) is 14.9. The molecule has 1 atom stereocenters. The number of carbonyl (C=O) groups excluding carboxylic acids is 2. The normalized spacial score (nSPS) is 11.4. The van der Waals surface area contributed by atoms with Crippen LogP contribution in [0.3, 0.4) is 0 Å². The Kier molecular flexibility index (Phi) is 6.07. The van der Waals surface area contributed by atoms with Crippen molar-refractivity contribution in [1.29, 1.82) is 0 Å². The monoisotopic (exact) mass is 375 g/mol. The van der Waals surface area contributed by atoms with Crippen LogP contribution < -0.4 is 10.2 Å². The minimum Gasteiger partial charge on any atom is -0.449 e. The van der Waals surface area contributed by atoms with E-state index in [1.807, 2.05) is 0 Å². The van der Waals surface area contributed by atoms with Crippen molar-refractivity contribution in [2.75, 3.05) is 24.3 Å². The highest BCUT2D eigenvalue weighted by Crippen LogP contribution is 2.25. The Morgan fingerprint density at radius 2 is 1.93 bits per heavy atom. The first kappa shape index (κ1) is 19.8. The second-order valence-electron chi connectivity index (χ2n) is 5.90. The van der Waals surface area contributed by atoms with Gasteiger partial charge in [-0.2, -0.15) is 0 Å². The number of hydrogen-bond acceptors (Lipinski definition) is 6. The van der Waals surface area contributed by atoms with Gasteiger partial charge in [0.1, 0.15) is 5.82 Å². The molecule has 2 aromatic carbocycles. The lowest BCUT2D eigenvalue weighted by Crippen LogP contribution is -2.30. The van der Waals surface area contributed by atoms with E-state index in [9.17, 15) is 24.1 Å². The van der Waals surface area contributed by atoms with E-state index in [1.54, 1.807) is 19.0 Å². The quantitative estimate of drug-likeness (QED) is 0.473. The zero-order valence-electron chi connectivity index (χ0n) is 14.9. The van der Waals surface area contributed by atoms with Crippen molar-refractivity contribution in [1.82, 2.24) is 0 Å². The Labute approximate surface area is 154 Å². The molecule has 0 aliphatic carbocycles. The summed E-state index contributed by atoms with van der Waals surface area (Å²) in [5, 5.41) is 13.4. The Hall–Kier alpha value is -3.49. The van der Waals surface area contributed by atoms with Gasteiger partial charge in [-0.3, -0.25) is 14.9 Å². The molecule has 0 unspecified atom stereocenters. The first-order valence-corrected chi connectivity index (χ1v) is 7.92. The van der Waals surface area contributed by atoms with Crippen LogP contribution in [0.15, 0.2) is 42.5 Å². The van der Waals surface area contributed by atoms with Gasteiger partial charge in [-0.1, -0.05) is 6.07 Å². The summed E-state index contributed by atoms with van der Waals surface area (Å²) in [6, 6.07) is 9.04. The fourth-order valence-electron chi connectivity index (χ4n) is 2.28. The fraction of sp³-hybridized carbons (Fsp3) is 0.222. The molecule has 1 N–H and O–H groups in total. The number of amides is 1. The van der Waals surface area contributed by atoms with E-state index in [0.29, 0.717) is 5.69 Å². The van der Waals surface area contributed by atoms with E-state index in [2.05, 4.69) is 5.32 Å². The Morgan fingerprint density at radius 3 is 2.52 bits per heavy atom. The number of esters is 1. The van der Waals surface area contributed by atoms with Gasteiger partial charge in [0.25, 0.3) is 11.6 Å². The average Bonchev–Trinajstić information content (AvgIpc) is 2.60. The number of nitro benzene ring substituents is 1. The van der Waals surface area contributed by atoms with E-state index >= 15 is 0 Å². The maximum Gasteiger partial charge on any atom is 0.341 e. The van der Waals surface area contributed by atoms with E-state index in [4.69, 9.17) is 4.74 Å². The molecular weight excluding hydrogens is 357 g/mol. The van der Waals surface area contributed by atoms with Crippen molar-refractivity contribution in [2.24, 2.45) is 0 Å². The zero-order chi connectivity index (χ0) is 20.1. The van der Waals surface area contributed by atoms with Crippen molar-refractivity contribution in [2.45, 2.75) is 13.0 Å². The van der Waals surface area contributed by atoms with Crippen LogP contribution in [0, 0.1) is 15.9 Å². The number of nitrogens with zero attached hydrogens (tertiary/aromatic N) is 2. The highest BCUT2D eigenvalue weighted by Gasteiger charge is 2.24. The molecule has 2 rings (SSSR count). The predicted octanol–water partition coefficient (Wildman–Crippen LogP) is 2.98. The van der Waals surface area contributed by atoms with Gasteiger partial charge in [0, 0.05) is 31.9 Å². The molecule has 2 aromatic rings. The number of nitrogens with one attached hydrogen (secondary N) is 1. The number of benzene rings is 2. The Bertz CT molecular complexity index is 885. The maximum absolute atomic E-state index is 13.2. The molecule has 0 bridgehead atoms. The van der Waals surface area contributed by atoms with Gasteiger partial charge in [0.05, 0.1) is 16.2 Å². The number of carbonyl (C=O) groups is 2. The van der Waals surface area contributed by atoms with Crippen molar-refractivity contribution in [3.8, 4) is 0 Å². The molecule has 27 heavy (non-hydrogen) atoms. The lowest BCUT2D eigenvalue weighted by atomic mass is 10.1. The molecule has 142 valence electrons. The summed E-state index contributed by atoms with van der Waals surface area (Å²) in [6.45, 7) is 1.35. The highest BCUT2D eigenvalue weighted by molar-refractivity contribution is 6.00. The number of non-ortho nitro benzene ring substituents is 1. The highest BCUT2D eigenvalue weighted by atomic mass is 19.1. The van der Waals surface area contributed by atoms with E-state index in [0.717, 1.165) is 12.1 Å². The Balaban J connectivity index is 2.16. The molecule has 0 radical (unpaired) electrons. The molecule has 0 fully saturated rings. The van der Waals surface area contributed by atoms with Gasteiger partial charge in [-0.05, 0) is 31.2 Å². The molecule has 0 aliphatic heterocycles. The predicted molar refractivity (Wildman–Crippen MR) is 97.3 cm³/mol. The number of halogens is 1. The average molecular weight is 375 g/mol. The van der Waals surface area contributed by atoms with Crippen molar-refractivity contribution in [3.63, 3.8) is 0 Å². The molecular formula is C18H18FN3O5. The summed E-state index contributed by atoms with van der Waals surface area (Å²) in [5.74, 6) is -2.07. The third kappa shape index (κ3) is 5.00. The van der Waals surface area contributed by atoms with Gasteiger partial charge < -0.3 is 15.0 Å². The molecule has 0 spiro atoms. The van der Waals surface area contributed by atoms with Crippen molar-refractivity contribution < 1.29 is 23.6 Å². The number of anilines is 2. The topological polar surface area (TPSA) is 102 Å². The summed E-state index contributed by atoms with van der Waals surface area (Å²) >= 11 is 0. The first-order valence-electron chi connectivity index (χ1n) is 7.92. The van der Waals surface area contributed by atoms with E-state index in [1.165, 1.54) is 37.3 Å². The number of hydrogen-bond donors (Lipinski definition) is 1. The van der Waals surface area contributed by atoms with Crippen LogP contribution >= 0.6 is 0 Å². The van der Waals surface area contributed by atoms with Gasteiger partial charge in [-0.25, -0.2) is 9.18 Å². The van der Waals surface area contributed by atoms with Crippen LogP contribution in [-0.2, 0) is 9.53 Å². The molecule has 0 aliphatic rings. The number of rotatable bonds is 6. The summed E-state index contributed by atoms with van der Waals surface area (Å²) in [7, 11) is 3.33. The molecule has 8 nitrogen and oxygen atoms in total. The summed E-state index contributed by atoms with van der Waals surface area (Å²) in [4.78, 5) is 36.5. The molecule has 0 saturated heterocycles. The molecule has 9 heteroatoms. The molecule has 0 aromatic heterocycles. The van der Waals surface area contributed by atoms with Crippen LogP contribution in [0.1, 0.15) is 17.3 Å². The fourth-order valence-corrected chi connectivity index (χ4v) is 2.28. The summed E-state index contributed by atoms with van der Waals surface area (Å²) in [6.07, 6.45) is -1.20. The second-order valence-corrected chi connectivity index (χ2v) is 5.90. The number of ether oxygens (including phenoxy) is 1.